The smallest absolute Gasteiger partial charge is 0.238 e. The molecule has 3 aromatic rings. The maximum absolute atomic E-state index is 13.7. The van der Waals surface area contributed by atoms with E-state index in [0.717, 1.165) is 36.3 Å². The number of carbonyl (C=O) groups is 1. The van der Waals surface area contributed by atoms with Crippen LogP contribution in [0, 0.1) is 0 Å². The Labute approximate surface area is 191 Å². The summed E-state index contributed by atoms with van der Waals surface area (Å²) in [7, 11) is 0. The number of piperidine rings is 1. The summed E-state index contributed by atoms with van der Waals surface area (Å²) < 4.78 is 1.91. The number of fused-ring (bicyclic) bond motifs is 1. The zero-order chi connectivity index (χ0) is 21.4. The number of halogens is 1. The van der Waals surface area contributed by atoms with E-state index in [1.165, 1.54) is 18.2 Å². The van der Waals surface area contributed by atoms with Gasteiger partial charge in [0, 0.05) is 23.2 Å². The Morgan fingerprint density at radius 2 is 1.87 bits per heavy atom. The lowest BCUT2D eigenvalue weighted by molar-refractivity contribution is -0.134. The summed E-state index contributed by atoms with van der Waals surface area (Å²) in [5.41, 5.74) is 5.53. The monoisotopic (exact) mass is 453 g/mol. The molecule has 160 valence electrons. The molecule has 1 saturated heterocycles. The van der Waals surface area contributed by atoms with Crippen LogP contribution < -0.4 is 5.43 Å². The van der Waals surface area contributed by atoms with E-state index in [-0.39, 0.29) is 23.2 Å². The molecule has 0 spiro atoms. The van der Waals surface area contributed by atoms with E-state index in [1.54, 1.807) is 0 Å². The first-order valence-electron chi connectivity index (χ1n) is 10.6. The van der Waals surface area contributed by atoms with Gasteiger partial charge in [-0.1, -0.05) is 65.8 Å². The van der Waals surface area contributed by atoms with Gasteiger partial charge in [0.05, 0.1) is 6.04 Å². The van der Waals surface area contributed by atoms with E-state index in [4.69, 9.17) is 11.6 Å². The molecule has 2 aliphatic rings. The van der Waals surface area contributed by atoms with Crippen molar-refractivity contribution in [3.05, 3.63) is 65.2 Å². The molecule has 0 unspecified atom stereocenters. The van der Waals surface area contributed by atoms with Crippen molar-refractivity contribution in [3.8, 4) is 11.4 Å². The highest BCUT2D eigenvalue weighted by Crippen LogP contribution is 2.40. The van der Waals surface area contributed by atoms with Crippen LogP contribution in [0.4, 0.5) is 0 Å². The molecule has 0 saturated carbocycles. The van der Waals surface area contributed by atoms with Crippen molar-refractivity contribution in [3.63, 3.8) is 0 Å². The second-order valence-corrected chi connectivity index (χ2v) is 9.63. The number of hydrogen-bond acceptors (Lipinski definition) is 5. The molecule has 1 aromatic heterocycles. The Hall–Kier alpha value is -2.51. The van der Waals surface area contributed by atoms with Crippen LogP contribution >= 0.6 is 23.4 Å². The van der Waals surface area contributed by atoms with Crippen molar-refractivity contribution in [2.75, 3.05) is 12.0 Å². The number of thioether (sulfide) groups is 1. The molecule has 1 amide bonds. The third kappa shape index (κ3) is 3.92. The minimum atomic E-state index is -0.331. The lowest BCUT2D eigenvalue weighted by Crippen LogP contribution is -2.50. The van der Waals surface area contributed by atoms with Gasteiger partial charge in [-0.05, 0) is 43.9 Å². The molecule has 31 heavy (non-hydrogen) atoms. The van der Waals surface area contributed by atoms with Gasteiger partial charge in [0.2, 0.25) is 11.1 Å². The molecule has 2 aliphatic heterocycles. The van der Waals surface area contributed by atoms with Crippen LogP contribution in [0.25, 0.3) is 11.4 Å². The Balaban J connectivity index is 1.53. The van der Waals surface area contributed by atoms with Gasteiger partial charge in [0.15, 0.2) is 5.82 Å². The van der Waals surface area contributed by atoms with Crippen LogP contribution in [0.5, 0.6) is 0 Å². The molecule has 3 atom stereocenters. The number of hydrogen-bond donors (Lipinski definition) is 1. The van der Waals surface area contributed by atoms with Gasteiger partial charge in [-0.25, -0.2) is 4.68 Å². The van der Waals surface area contributed by atoms with Crippen LogP contribution in [0.2, 0.25) is 5.02 Å². The highest BCUT2D eigenvalue weighted by atomic mass is 35.5. The van der Waals surface area contributed by atoms with Gasteiger partial charge in [0.1, 0.15) is 5.25 Å². The van der Waals surface area contributed by atoms with E-state index in [9.17, 15) is 4.79 Å². The van der Waals surface area contributed by atoms with Crippen LogP contribution in [0.15, 0.2) is 59.8 Å². The van der Waals surface area contributed by atoms with Gasteiger partial charge < -0.3 is 10.3 Å². The Morgan fingerprint density at radius 3 is 2.61 bits per heavy atom. The highest BCUT2D eigenvalue weighted by molar-refractivity contribution is 8.00. The van der Waals surface area contributed by atoms with E-state index in [0.29, 0.717) is 10.2 Å². The largest absolute Gasteiger partial charge is 0.339 e. The minimum absolute atomic E-state index is 0.153. The first-order chi connectivity index (χ1) is 15.1. The fraction of sp³-hybridized carbons (Fsp3) is 0.348. The van der Waals surface area contributed by atoms with Gasteiger partial charge in [0.25, 0.3) is 0 Å². The van der Waals surface area contributed by atoms with E-state index in [1.807, 2.05) is 64.2 Å². The molecular formula is C23H24ClN5OS. The predicted octanol–water partition coefficient (Wildman–Crippen LogP) is 4.76. The number of benzene rings is 2. The van der Waals surface area contributed by atoms with Crippen molar-refractivity contribution in [2.24, 2.45) is 0 Å². The third-order valence-corrected chi connectivity index (χ3v) is 7.48. The molecule has 5 rings (SSSR count). The summed E-state index contributed by atoms with van der Waals surface area (Å²) in [6, 6.07) is 17.7. The molecule has 8 heteroatoms. The fourth-order valence-electron chi connectivity index (χ4n) is 4.33. The summed E-state index contributed by atoms with van der Waals surface area (Å²) in [6.07, 6.45) is 3.29. The number of rotatable bonds is 3. The second kappa shape index (κ2) is 8.55. The lowest BCUT2D eigenvalue weighted by atomic mass is 9.99. The zero-order valence-corrected chi connectivity index (χ0v) is 18.8. The van der Waals surface area contributed by atoms with E-state index >= 15 is 0 Å². The summed E-state index contributed by atoms with van der Waals surface area (Å²) in [4.78, 5) is 15.7. The topological polar surface area (TPSA) is 63.1 Å². The molecule has 6 nitrogen and oxygen atoms in total. The molecule has 1 fully saturated rings. The van der Waals surface area contributed by atoms with Gasteiger partial charge in [-0.2, -0.15) is 0 Å². The number of likely N-dealkylation sites (tertiary alicyclic amines) is 1. The Bertz CT molecular complexity index is 1070. The number of nitrogens with zero attached hydrogens (tertiary/aromatic N) is 4. The normalized spacial score (nSPS) is 23.2. The molecule has 2 aromatic carbocycles. The summed E-state index contributed by atoms with van der Waals surface area (Å²) in [5.74, 6) is 0.888. The predicted molar refractivity (Wildman–Crippen MR) is 124 cm³/mol. The van der Waals surface area contributed by atoms with Gasteiger partial charge >= 0.3 is 0 Å². The minimum Gasteiger partial charge on any atom is -0.339 e. The standard InChI is InChI=1S/C23H24ClN5OS/c1-15-7-5-6-14-28(15)22(30)20-19(16-10-12-18(24)13-11-16)27-29-21(25-26-23(29)31-20)17-8-3-2-4-9-17/h2-4,8-13,15,19-20,27H,5-7,14H2,1H3/t15-,19+,20+/m1/s1. The van der Waals surface area contributed by atoms with Crippen molar-refractivity contribution in [1.29, 1.82) is 0 Å². The van der Waals surface area contributed by atoms with Crippen LogP contribution in [-0.2, 0) is 4.79 Å². The van der Waals surface area contributed by atoms with Crippen molar-refractivity contribution >= 4 is 29.3 Å². The summed E-state index contributed by atoms with van der Waals surface area (Å²) in [5, 5.41) is 9.85. The first-order valence-corrected chi connectivity index (χ1v) is 11.9. The molecule has 1 N–H and O–H groups in total. The summed E-state index contributed by atoms with van der Waals surface area (Å²) >= 11 is 7.62. The van der Waals surface area contributed by atoms with Gasteiger partial charge in [-0.15, -0.1) is 10.2 Å². The van der Waals surface area contributed by atoms with Crippen LogP contribution in [0.1, 0.15) is 37.8 Å². The quantitative estimate of drug-likeness (QED) is 0.619. The van der Waals surface area contributed by atoms with Gasteiger partial charge in [-0.3, -0.25) is 4.79 Å². The maximum Gasteiger partial charge on any atom is 0.238 e. The lowest BCUT2D eigenvalue weighted by Gasteiger charge is -2.39. The SMILES string of the molecule is C[C@@H]1CCCCN1C(=O)[C@H]1Sc2nnc(-c3ccccc3)n2N[C@H]1c1ccc(Cl)cc1. The summed E-state index contributed by atoms with van der Waals surface area (Å²) in [6.45, 7) is 2.96. The molecular weight excluding hydrogens is 430 g/mol. The average molecular weight is 454 g/mol. The molecule has 0 aliphatic carbocycles. The molecule has 0 bridgehead atoms. The third-order valence-electron chi connectivity index (χ3n) is 6.03. The van der Waals surface area contributed by atoms with Crippen LogP contribution in [0.3, 0.4) is 0 Å². The van der Waals surface area contributed by atoms with Crippen LogP contribution in [-0.4, -0.2) is 43.5 Å². The fourth-order valence-corrected chi connectivity index (χ4v) is 5.60. The number of amides is 1. The van der Waals surface area contributed by atoms with E-state index in [2.05, 4.69) is 22.5 Å². The number of aromatic nitrogens is 3. The average Bonchev–Trinajstić information content (AvgIpc) is 3.22. The van der Waals surface area contributed by atoms with Crippen molar-refractivity contribution < 1.29 is 4.79 Å². The van der Waals surface area contributed by atoms with E-state index < -0.39 is 0 Å². The second-order valence-electron chi connectivity index (χ2n) is 8.08. The maximum atomic E-state index is 13.7. The highest BCUT2D eigenvalue weighted by Gasteiger charge is 2.41. The molecule has 0 radical (unpaired) electrons. The first kappa shape index (κ1) is 20.4. The van der Waals surface area contributed by atoms with Crippen molar-refractivity contribution in [1.82, 2.24) is 19.8 Å². The number of carbonyl (C=O) groups excluding carboxylic acids is 1. The Kier molecular flexibility index (Phi) is 5.63. The zero-order valence-electron chi connectivity index (χ0n) is 17.2. The molecule has 3 heterocycles. The Morgan fingerprint density at radius 1 is 1.10 bits per heavy atom. The number of nitrogens with one attached hydrogen (secondary N) is 1. The van der Waals surface area contributed by atoms with Crippen molar-refractivity contribution in [2.45, 2.75) is 48.7 Å².